The number of nitrogens with one attached hydrogen (secondary N) is 2. The summed E-state index contributed by atoms with van der Waals surface area (Å²) in [6.07, 6.45) is 5.80. The van der Waals surface area contributed by atoms with E-state index < -0.39 is 0 Å². The van der Waals surface area contributed by atoms with Crippen LogP contribution in [0.4, 0.5) is 10.5 Å². The fraction of sp³-hybridized carbons (Fsp3) is 0.471. The van der Waals surface area contributed by atoms with Gasteiger partial charge in [-0.3, -0.25) is 0 Å². The molecule has 1 aromatic carbocycles. The number of nitrogens with zero attached hydrogens (tertiary/aromatic N) is 1. The molecule has 1 aromatic rings. The van der Waals surface area contributed by atoms with Gasteiger partial charge in [0.1, 0.15) is 0 Å². The maximum absolute atomic E-state index is 11.8. The second-order valence-electron chi connectivity index (χ2n) is 5.64. The first-order valence-electron chi connectivity index (χ1n) is 7.83. The summed E-state index contributed by atoms with van der Waals surface area (Å²) in [5.41, 5.74) is 2.27. The molecule has 0 saturated heterocycles. The van der Waals surface area contributed by atoms with Crippen molar-refractivity contribution in [3.8, 4) is 0 Å². The Hall–Kier alpha value is -2.01. The van der Waals surface area contributed by atoms with Gasteiger partial charge in [-0.2, -0.15) is 0 Å². The Balaban J connectivity index is 1.78. The molecule has 22 heavy (non-hydrogen) atoms. The summed E-state index contributed by atoms with van der Waals surface area (Å²) in [7, 11) is 0. The first kappa shape index (κ1) is 16.4. The van der Waals surface area contributed by atoms with Crippen LogP contribution in [0.25, 0.3) is 0 Å². The zero-order valence-electron chi connectivity index (χ0n) is 13.1. The van der Waals surface area contributed by atoms with Gasteiger partial charge in [0, 0.05) is 38.0 Å². The Bertz CT molecular complexity index is 508. The summed E-state index contributed by atoms with van der Waals surface area (Å²) >= 11 is 0. The summed E-state index contributed by atoms with van der Waals surface area (Å²) in [5, 5.41) is 14.5. The van der Waals surface area contributed by atoms with Crippen LogP contribution in [0.2, 0.25) is 0 Å². The molecule has 0 spiro atoms. The van der Waals surface area contributed by atoms with Crippen LogP contribution in [0, 0.1) is 0 Å². The van der Waals surface area contributed by atoms with E-state index in [0.29, 0.717) is 13.0 Å². The van der Waals surface area contributed by atoms with E-state index in [0.717, 1.165) is 25.1 Å². The third-order valence-corrected chi connectivity index (χ3v) is 3.72. The van der Waals surface area contributed by atoms with Crippen molar-refractivity contribution in [3.05, 3.63) is 42.0 Å². The Kier molecular flexibility index (Phi) is 6.27. The normalized spacial score (nSPS) is 14.9. The van der Waals surface area contributed by atoms with E-state index in [9.17, 15) is 4.79 Å². The summed E-state index contributed by atoms with van der Waals surface area (Å²) in [5.74, 6) is 0. The zero-order valence-corrected chi connectivity index (χ0v) is 13.1. The van der Waals surface area contributed by atoms with Crippen LogP contribution in [0.3, 0.4) is 0 Å². The van der Waals surface area contributed by atoms with Gasteiger partial charge in [-0.1, -0.05) is 24.3 Å². The number of carbonyl (C=O) groups excluding carboxylic acids is 1. The molecule has 0 aliphatic carbocycles. The summed E-state index contributed by atoms with van der Waals surface area (Å²) in [6, 6.07) is 8.14. The fourth-order valence-corrected chi connectivity index (χ4v) is 2.48. The summed E-state index contributed by atoms with van der Waals surface area (Å²) in [6.45, 7) is 4.50. The predicted octanol–water partition coefficient (Wildman–Crippen LogP) is 2.02. The van der Waals surface area contributed by atoms with Crippen molar-refractivity contribution in [3.63, 3.8) is 0 Å². The van der Waals surface area contributed by atoms with E-state index >= 15 is 0 Å². The number of rotatable bonds is 7. The van der Waals surface area contributed by atoms with Crippen molar-refractivity contribution in [1.82, 2.24) is 10.6 Å². The summed E-state index contributed by atoms with van der Waals surface area (Å²) in [4.78, 5) is 14.1. The minimum Gasteiger partial charge on any atom is -0.396 e. The van der Waals surface area contributed by atoms with Crippen LogP contribution in [0.15, 0.2) is 36.4 Å². The van der Waals surface area contributed by atoms with Gasteiger partial charge < -0.3 is 20.6 Å². The highest BCUT2D eigenvalue weighted by molar-refractivity contribution is 5.74. The van der Waals surface area contributed by atoms with E-state index in [1.807, 2.05) is 19.1 Å². The molecule has 0 bridgehead atoms. The number of aliphatic hydroxyl groups excluding tert-OH is 1. The van der Waals surface area contributed by atoms with Crippen molar-refractivity contribution in [2.75, 3.05) is 24.6 Å². The molecule has 2 amide bonds. The smallest absolute Gasteiger partial charge is 0.315 e. The average molecular weight is 303 g/mol. The predicted molar refractivity (Wildman–Crippen MR) is 88.9 cm³/mol. The van der Waals surface area contributed by atoms with E-state index in [4.69, 9.17) is 5.11 Å². The quantitative estimate of drug-likeness (QED) is 0.675. The number of amides is 2. The molecular weight excluding hydrogens is 278 g/mol. The molecule has 5 nitrogen and oxygen atoms in total. The molecule has 0 saturated carbocycles. The van der Waals surface area contributed by atoms with Crippen LogP contribution in [-0.2, 0) is 6.54 Å². The standard InChI is InChI=1S/C17H25N3O2/c1-14(6-5-11-21)19-17(22)18-13-15-7-4-8-16(12-15)20-9-2-3-10-20/h2-4,7-8,12,14,21H,5-6,9-11,13H2,1H3,(H2,18,19,22). The van der Waals surface area contributed by atoms with E-state index in [1.54, 1.807) is 0 Å². The second-order valence-corrected chi connectivity index (χ2v) is 5.64. The maximum atomic E-state index is 11.8. The minimum atomic E-state index is -0.168. The molecule has 0 aromatic heterocycles. The van der Waals surface area contributed by atoms with E-state index in [2.05, 4.69) is 39.8 Å². The number of urea groups is 1. The van der Waals surface area contributed by atoms with Gasteiger partial charge in [-0.05, 0) is 37.5 Å². The van der Waals surface area contributed by atoms with Crippen LogP contribution in [0.1, 0.15) is 25.3 Å². The number of hydrogen-bond acceptors (Lipinski definition) is 3. The lowest BCUT2D eigenvalue weighted by Crippen LogP contribution is -2.40. The molecule has 1 aliphatic rings. The highest BCUT2D eigenvalue weighted by Gasteiger charge is 2.09. The number of hydrogen-bond donors (Lipinski definition) is 3. The van der Waals surface area contributed by atoms with Crippen LogP contribution in [0.5, 0.6) is 0 Å². The second kappa shape index (κ2) is 8.44. The largest absolute Gasteiger partial charge is 0.396 e. The number of anilines is 1. The fourth-order valence-electron chi connectivity index (χ4n) is 2.48. The molecule has 1 aliphatic heterocycles. The molecular formula is C17H25N3O2. The SMILES string of the molecule is CC(CCCO)NC(=O)NCc1cccc(N2CC=CC2)c1. The van der Waals surface area contributed by atoms with Gasteiger partial charge in [0.15, 0.2) is 0 Å². The van der Waals surface area contributed by atoms with Gasteiger partial charge in [0.2, 0.25) is 0 Å². The lowest BCUT2D eigenvalue weighted by molar-refractivity contribution is 0.234. The van der Waals surface area contributed by atoms with Crippen molar-refractivity contribution in [1.29, 1.82) is 0 Å². The lowest BCUT2D eigenvalue weighted by Gasteiger charge is -2.19. The Labute approximate surface area is 132 Å². The van der Waals surface area contributed by atoms with Gasteiger partial charge in [0.25, 0.3) is 0 Å². The van der Waals surface area contributed by atoms with Crippen LogP contribution >= 0.6 is 0 Å². The molecule has 5 heteroatoms. The van der Waals surface area contributed by atoms with Crippen molar-refractivity contribution in [2.45, 2.75) is 32.4 Å². The molecule has 120 valence electrons. The van der Waals surface area contributed by atoms with Crippen LogP contribution in [-0.4, -0.2) is 36.9 Å². The topological polar surface area (TPSA) is 64.6 Å². The third kappa shape index (κ3) is 5.07. The van der Waals surface area contributed by atoms with Gasteiger partial charge in [0.05, 0.1) is 0 Å². The number of carbonyl (C=O) groups is 1. The summed E-state index contributed by atoms with van der Waals surface area (Å²) < 4.78 is 0. The van der Waals surface area contributed by atoms with Crippen molar-refractivity contribution >= 4 is 11.7 Å². The zero-order chi connectivity index (χ0) is 15.8. The first-order chi connectivity index (χ1) is 10.7. The minimum absolute atomic E-state index is 0.0640. The Morgan fingerprint density at radius 2 is 2.14 bits per heavy atom. The van der Waals surface area contributed by atoms with Crippen LogP contribution < -0.4 is 15.5 Å². The lowest BCUT2D eigenvalue weighted by atomic mass is 10.2. The molecule has 0 radical (unpaired) electrons. The first-order valence-corrected chi connectivity index (χ1v) is 7.83. The highest BCUT2D eigenvalue weighted by atomic mass is 16.3. The third-order valence-electron chi connectivity index (χ3n) is 3.72. The molecule has 1 heterocycles. The monoisotopic (exact) mass is 303 g/mol. The van der Waals surface area contributed by atoms with E-state index in [-0.39, 0.29) is 18.7 Å². The molecule has 2 rings (SSSR count). The number of aliphatic hydroxyl groups is 1. The van der Waals surface area contributed by atoms with Gasteiger partial charge in [-0.15, -0.1) is 0 Å². The molecule has 1 unspecified atom stereocenters. The van der Waals surface area contributed by atoms with Crippen molar-refractivity contribution < 1.29 is 9.90 Å². The average Bonchev–Trinajstić information content (AvgIpc) is 3.06. The maximum Gasteiger partial charge on any atom is 0.315 e. The molecule has 0 fully saturated rings. The Morgan fingerprint density at radius 3 is 2.86 bits per heavy atom. The van der Waals surface area contributed by atoms with Crippen molar-refractivity contribution in [2.24, 2.45) is 0 Å². The van der Waals surface area contributed by atoms with Gasteiger partial charge >= 0.3 is 6.03 Å². The van der Waals surface area contributed by atoms with E-state index in [1.165, 1.54) is 5.69 Å². The van der Waals surface area contributed by atoms with Gasteiger partial charge in [-0.25, -0.2) is 4.79 Å². The highest BCUT2D eigenvalue weighted by Crippen LogP contribution is 2.18. The molecule has 3 N–H and O–H groups in total. The number of benzene rings is 1. The molecule has 1 atom stereocenters. The Morgan fingerprint density at radius 1 is 1.36 bits per heavy atom.